The molecule has 8 heteroatoms. The largest absolute Gasteiger partial charge is 0.294 e. The van der Waals surface area contributed by atoms with E-state index in [0.29, 0.717) is 6.20 Å². The molecule has 1 aromatic rings. The van der Waals surface area contributed by atoms with E-state index in [9.17, 15) is 23.3 Å². The van der Waals surface area contributed by atoms with Crippen LogP contribution in [0.3, 0.4) is 0 Å². The average molecular weight is 241 g/mol. The number of nitro groups is 1. The molecule has 0 aliphatic carbocycles. The summed E-state index contributed by atoms with van der Waals surface area (Å²) in [5, 5.41) is 10.4. The minimum absolute atomic E-state index is 0.565. The van der Waals surface area contributed by atoms with Gasteiger partial charge in [-0.3, -0.25) is 10.1 Å². The molecule has 0 unspecified atom stereocenters. The molecular weight excluding hydrogens is 237 g/mol. The summed E-state index contributed by atoms with van der Waals surface area (Å²) < 4.78 is 37.5. The van der Waals surface area contributed by atoms with Crippen LogP contribution in [0.15, 0.2) is 6.20 Å². The summed E-state index contributed by atoms with van der Waals surface area (Å²) in [5.41, 5.74) is -2.41. The second-order valence-electron chi connectivity index (χ2n) is 2.51. The van der Waals surface area contributed by atoms with Gasteiger partial charge in [0.05, 0.1) is 16.4 Å². The molecule has 0 aliphatic heterocycles. The molecule has 0 aliphatic rings. The van der Waals surface area contributed by atoms with Crippen LogP contribution in [0.1, 0.15) is 17.7 Å². The van der Waals surface area contributed by atoms with Crippen molar-refractivity contribution in [2.45, 2.75) is 12.3 Å². The van der Waals surface area contributed by atoms with Crippen LogP contribution in [0.5, 0.6) is 0 Å². The van der Waals surface area contributed by atoms with Crippen molar-refractivity contribution in [1.82, 2.24) is 4.98 Å². The predicted molar refractivity (Wildman–Crippen MR) is 45.4 cm³/mol. The lowest BCUT2D eigenvalue weighted by molar-refractivity contribution is -0.386. The Kier molecular flexibility index (Phi) is 3.46. The van der Waals surface area contributed by atoms with Gasteiger partial charge in [-0.05, 0) is 0 Å². The minimum atomic E-state index is -3.13. The monoisotopic (exact) mass is 240 g/mol. The van der Waals surface area contributed by atoms with Crippen molar-refractivity contribution in [2.75, 3.05) is 0 Å². The zero-order valence-corrected chi connectivity index (χ0v) is 7.84. The first kappa shape index (κ1) is 11.7. The summed E-state index contributed by atoms with van der Waals surface area (Å²) >= 11 is 5.24. The van der Waals surface area contributed by atoms with Gasteiger partial charge in [-0.15, -0.1) is 11.6 Å². The Balaban J connectivity index is 3.39. The van der Waals surface area contributed by atoms with Gasteiger partial charge in [0.25, 0.3) is 12.1 Å². The first-order chi connectivity index (χ1) is 6.99. The van der Waals surface area contributed by atoms with E-state index in [1.54, 1.807) is 0 Å². The molecule has 0 amide bonds. The van der Waals surface area contributed by atoms with Crippen molar-refractivity contribution in [3.05, 3.63) is 33.4 Å². The molecular formula is C7H4ClF3N2O2. The number of hydrogen-bond acceptors (Lipinski definition) is 3. The third-order valence-corrected chi connectivity index (χ3v) is 1.93. The normalized spacial score (nSPS) is 10.7. The lowest BCUT2D eigenvalue weighted by Crippen LogP contribution is -2.04. The van der Waals surface area contributed by atoms with Crippen molar-refractivity contribution in [2.24, 2.45) is 0 Å². The molecule has 0 saturated heterocycles. The number of aromatic nitrogens is 1. The van der Waals surface area contributed by atoms with Gasteiger partial charge in [0.15, 0.2) is 5.82 Å². The van der Waals surface area contributed by atoms with Gasteiger partial charge in [-0.1, -0.05) is 0 Å². The minimum Gasteiger partial charge on any atom is -0.258 e. The van der Waals surface area contributed by atoms with Crippen LogP contribution in [0.4, 0.5) is 18.9 Å². The van der Waals surface area contributed by atoms with E-state index in [2.05, 4.69) is 4.98 Å². The first-order valence-electron chi connectivity index (χ1n) is 3.64. The lowest BCUT2D eigenvalue weighted by Gasteiger charge is -2.04. The number of halogens is 4. The van der Waals surface area contributed by atoms with Gasteiger partial charge in [-0.25, -0.2) is 18.2 Å². The van der Waals surface area contributed by atoms with E-state index in [1.807, 2.05) is 0 Å². The Morgan fingerprint density at radius 1 is 1.60 bits per heavy atom. The molecule has 0 bridgehead atoms. The second-order valence-corrected chi connectivity index (χ2v) is 2.78. The zero-order valence-electron chi connectivity index (χ0n) is 7.08. The fourth-order valence-electron chi connectivity index (χ4n) is 0.969. The third kappa shape index (κ3) is 2.17. The number of alkyl halides is 3. The Labute approximate surface area is 86.8 Å². The Hall–Kier alpha value is -1.37. The van der Waals surface area contributed by atoms with E-state index in [0.717, 1.165) is 0 Å². The van der Waals surface area contributed by atoms with Crippen LogP contribution in [0.25, 0.3) is 0 Å². The molecule has 82 valence electrons. The van der Waals surface area contributed by atoms with Crippen LogP contribution >= 0.6 is 11.6 Å². The van der Waals surface area contributed by atoms with Gasteiger partial charge in [0.1, 0.15) is 11.9 Å². The van der Waals surface area contributed by atoms with Gasteiger partial charge >= 0.3 is 0 Å². The Morgan fingerprint density at radius 3 is 2.60 bits per heavy atom. The molecule has 1 aromatic heterocycles. The van der Waals surface area contributed by atoms with E-state index in [-0.39, 0.29) is 0 Å². The summed E-state index contributed by atoms with van der Waals surface area (Å²) in [6.07, 6.45) is -2.56. The molecule has 15 heavy (non-hydrogen) atoms. The second kappa shape index (κ2) is 4.43. The van der Waals surface area contributed by atoms with Gasteiger partial charge in [0.2, 0.25) is 0 Å². The molecule has 4 nitrogen and oxygen atoms in total. The molecule has 0 N–H and O–H groups in total. The third-order valence-electron chi connectivity index (χ3n) is 1.66. The number of hydrogen-bond donors (Lipinski definition) is 0. The summed E-state index contributed by atoms with van der Waals surface area (Å²) in [7, 11) is 0. The smallest absolute Gasteiger partial charge is 0.258 e. The van der Waals surface area contributed by atoms with Gasteiger partial charge in [-0.2, -0.15) is 0 Å². The average Bonchev–Trinajstić information content (AvgIpc) is 2.16. The number of pyridine rings is 1. The maximum absolute atomic E-state index is 13.2. The number of nitrogens with zero attached hydrogens (tertiary/aromatic N) is 2. The molecule has 1 heterocycles. The van der Waals surface area contributed by atoms with Crippen LogP contribution in [0.2, 0.25) is 0 Å². The Bertz CT molecular complexity index is 400. The van der Waals surface area contributed by atoms with Crippen LogP contribution in [-0.2, 0) is 5.88 Å². The topological polar surface area (TPSA) is 56.0 Å². The molecule has 0 radical (unpaired) electrons. The van der Waals surface area contributed by atoms with Crippen LogP contribution in [0, 0.1) is 15.9 Å². The highest BCUT2D eigenvalue weighted by Crippen LogP contribution is 2.28. The van der Waals surface area contributed by atoms with Crippen molar-refractivity contribution < 1.29 is 18.1 Å². The number of rotatable bonds is 3. The molecule has 0 aromatic carbocycles. The van der Waals surface area contributed by atoms with Crippen molar-refractivity contribution in [3.8, 4) is 0 Å². The summed E-state index contributed by atoms with van der Waals surface area (Å²) in [4.78, 5) is 12.4. The first-order valence-corrected chi connectivity index (χ1v) is 4.18. The maximum Gasteiger partial charge on any atom is 0.294 e. The van der Waals surface area contributed by atoms with E-state index in [4.69, 9.17) is 11.6 Å². The van der Waals surface area contributed by atoms with Crippen molar-refractivity contribution >= 4 is 17.3 Å². The summed E-state index contributed by atoms with van der Waals surface area (Å²) in [5.74, 6) is -1.99. The molecule has 0 spiro atoms. The van der Waals surface area contributed by atoms with Crippen LogP contribution in [-0.4, -0.2) is 9.91 Å². The quantitative estimate of drug-likeness (QED) is 0.464. The van der Waals surface area contributed by atoms with E-state index < -0.39 is 40.0 Å². The van der Waals surface area contributed by atoms with Gasteiger partial charge in [0, 0.05) is 0 Å². The highest BCUT2D eigenvalue weighted by molar-refractivity contribution is 6.17. The SMILES string of the molecule is O=[N+]([O-])c1cnc(C(F)F)c(F)c1CCl. The Morgan fingerprint density at radius 2 is 2.20 bits per heavy atom. The van der Waals surface area contributed by atoms with E-state index >= 15 is 0 Å². The van der Waals surface area contributed by atoms with Crippen molar-refractivity contribution in [3.63, 3.8) is 0 Å². The molecule has 0 atom stereocenters. The van der Waals surface area contributed by atoms with E-state index in [1.165, 1.54) is 0 Å². The molecule has 1 rings (SSSR count). The highest BCUT2D eigenvalue weighted by Gasteiger charge is 2.25. The van der Waals surface area contributed by atoms with Crippen LogP contribution < -0.4 is 0 Å². The van der Waals surface area contributed by atoms with Crippen molar-refractivity contribution in [1.29, 1.82) is 0 Å². The lowest BCUT2D eigenvalue weighted by atomic mass is 10.2. The molecule has 0 fully saturated rings. The summed E-state index contributed by atoms with van der Waals surface area (Å²) in [6.45, 7) is 0. The maximum atomic E-state index is 13.2. The standard InChI is InChI=1S/C7H4ClF3N2O2/c8-1-3-4(13(14)15)2-12-6(5(3)9)7(10)11/h2,7H,1H2. The fourth-order valence-corrected chi connectivity index (χ4v) is 1.22. The highest BCUT2D eigenvalue weighted by atomic mass is 35.5. The molecule has 0 saturated carbocycles. The fraction of sp³-hybridized carbons (Fsp3) is 0.286. The zero-order chi connectivity index (χ0) is 11.6. The van der Waals surface area contributed by atoms with Gasteiger partial charge < -0.3 is 0 Å². The summed E-state index contributed by atoms with van der Waals surface area (Å²) in [6, 6.07) is 0. The predicted octanol–water partition coefficient (Wildman–Crippen LogP) is 2.81.